The largest absolute Gasteiger partial charge is 0.495 e. The average Bonchev–Trinajstić information content (AvgIpc) is 3.31. The maximum atomic E-state index is 13.6. The Morgan fingerprint density at radius 1 is 1.09 bits per heavy atom. The molecule has 240 valence electrons. The molecule has 1 aliphatic heterocycles. The Bertz CT molecular complexity index is 1750. The molecule has 0 aliphatic carbocycles. The van der Waals surface area contributed by atoms with E-state index in [1.807, 2.05) is 0 Å². The molecule has 1 saturated heterocycles. The van der Waals surface area contributed by atoms with E-state index in [1.54, 1.807) is 24.3 Å². The highest BCUT2D eigenvalue weighted by molar-refractivity contribution is 7.91. The Morgan fingerprint density at radius 3 is 2.48 bits per heavy atom. The summed E-state index contributed by atoms with van der Waals surface area (Å²) in [7, 11) is -2.52. The molecule has 10 nitrogen and oxygen atoms in total. The van der Waals surface area contributed by atoms with Crippen LogP contribution in [0, 0.1) is 11.8 Å². The van der Waals surface area contributed by atoms with Crippen LogP contribution in [0.15, 0.2) is 47.4 Å². The number of benzene rings is 2. The molecule has 0 radical (unpaired) electrons. The van der Waals surface area contributed by atoms with Crippen LogP contribution in [0.5, 0.6) is 5.75 Å². The second-order valence-corrected chi connectivity index (χ2v) is 14.7. The van der Waals surface area contributed by atoms with E-state index < -0.39 is 32.6 Å². The van der Waals surface area contributed by atoms with Crippen molar-refractivity contribution in [2.75, 3.05) is 63.1 Å². The number of sulfonamides is 1. The van der Waals surface area contributed by atoms with E-state index in [1.165, 1.54) is 43.8 Å². The first-order valence-electron chi connectivity index (χ1n) is 13.8. The fourth-order valence-corrected chi connectivity index (χ4v) is 7.55. The van der Waals surface area contributed by atoms with Crippen LogP contribution in [0.1, 0.15) is 18.5 Å². The van der Waals surface area contributed by atoms with Crippen molar-refractivity contribution in [2.45, 2.75) is 36.5 Å². The van der Waals surface area contributed by atoms with Gasteiger partial charge in [-0.2, -0.15) is 17.5 Å². The molecule has 1 aromatic heterocycles. The van der Waals surface area contributed by atoms with Crippen molar-refractivity contribution in [3.05, 3.63) is 48.2 Å². The van der Waals surface area contributed by atoms with Crippen LogP contribution >= 0.6 is 0 Å². The first-order chi connectivity index (χ1) is 20.7. The number of rotatable bonds is 11. The summed E-state index contributed by atoms with van der Waals surface area (Å²) in [5.74, 6) is 6.07. The van der Waals surface area contributed by atoms with Crippen molar-refractivity contribution in [1.82, 2.24) is 8.87 Å². The van der Waals surface area contributed by atoms with E-state index in [4.69, 9.17) is 9.47 Å². The molecule has 1 aliphatic rings. The number of halogens is 3. The SMILES string of the molecule is COCCN(C)S(=O)(=O)c1ccc(NCC#Cc2cc3c(NC4CCS(=O)(=O)CC4)cccc3n2CC(F)(F)F)c(OC)c1. The third kappa shape index (κ3) is 8.17. The van der Waals surface area contributed by atoms with E-state index in [0.29, 0.717) is 35.1 Å². The normalized spacial score (nSPS) is 15.6. The standard InChI is InChI=1S/C29H35F3N4O6S2/c1-35(14-15-41-2)44(39,40)23-9-10-26(28(19-23)42-3)33-13-5-6-22-18-24-25(34-21-11-16-43(37,38)17-12-21)7-4-8-27(24)36(22)20-29(30,31)32/h4,7-10,18-19,21,33-34H,11-17,20H2,1-3H3. The van der Waals surface area contributed by atoms with Crippen molar-refractivity contribution in [3.8, 4) is 17.6 Å². The smallest absolute Gasteiger partial charge is 0.406 e. The fourth-order valence-electron chi connectivity index (χ4n) is 4.89. The van der Waals surface area contributed by atoms with Gasteiger partial charge in [-0.15, -0.1) is 0 Å². The minimum absolute atomic E-state index is 0.0283. The molecule has 0 bridgehead atoms. The molecule has 1 fully saturated rings. The van der Waals surface area contributed by atoms with Crippen LogP contribution in [0.3, 0.4) is 0 Å². The first kappa shape index (κ1) is 33.4. The molecule has 44 heavy (non-hydrogen) atoms. The molecule has 0 saturated carbocycles. The summed E-state index contributed by atoms with van der Waals surface area (Å²) in [4.78, 5) is 0.0283. The van der Waals surface area contributed by atoms with E-state index in [-0.39, 0.29) is 53.6 Å². The predicted molar refractivity (Wildman–Crippen MR) is 163 cm³/mol. The van der Waals surface area contributed by atoms with Crippen LogP contribution in [0.25, 0.3) is 10.9 Å². The molecule has 2 heterocycles. The zero-order valence-corrected chi connectivity index (χ0v) is 26.2. The van der Waals surface area contributed by atoms with Crippen molar-refractivity contribution in [1.29, 1.82) is 0 Å². The van der Waals surface area contributed by atoms with Crippen molar-refractivity contribution in [3.63, 3.8) is 0 Å². The van der Waals surface area contributed by atoms with Gasteiger partial charge >= 0.3 is 6.18 Å². The van der Waals surface area contributed by atoms with Gasteiger partial charge in [0, 0.05) is 43.9 Å². The lowest BCUT2D eigenvalue weighted by molar-refractivity contribution is -0.140. The van der Waals surface area contributed by atoms with Gasteiger partial charge in [-0.25, -0.2) is 16.8 Å². The van der Waals surface area contributed by atoms with Gasteiger partial charge in [-0.3, -0.25) is 0 Å². The zero-order chi connectivity index (χ0) is 32.1. The Hall–Kier alpha value is -3.45. The summed E-state index contributed by atoms with van der Waals surface area (Å²) in [6.07, 6.45) is -3.66. The van der Waals surface area contributed by atoms with Gasteiger partial charge in [0.05, 0.1) is 53.6 Å². The van der Waals surface area contributed by atoms with Crippen LogP contribution in [-0.4, -0.2) is 90.4 Å². The monoisotopic (exact) mass is 656 g/mol. The van der Waals surface area contributed by atoms with E-state index in [9.17, 15) is 30.0 Å². The molecule has 2 aromatic carbocycles. The summed E-state index contributed by atoms with van der Waals surface area (Å²) in [6.45, 7) is -0.796. The number of nitrogens with one attached hydrogen (secondary N) is 2. The number of fused-ring (bicyclic) bond motifs is 1. The Kier molecular flexibility index (Phi) is 10.4. The van der Waals surface area contributed by atoms with Gasteiger partial charge in [0.15, 0.2) is 0 Å². The number of nitrogens with zero attached hydrogens (tertiary/aromatic N) is 2. The van der Waals surface area contributed by atoms with Gasteiger partial charge in [0.25, 0.3) is 0 Å². The summed E-state index contributed by atoms with van der Waals surface area (Å²) in [5.41, 5.74) is 1.58. The minimum atomic E-state index is -4.49. The van der Waals surface area contributed by atoms with E-state index in [0.717, 1.165) is 4.57 Å². The summed E-state index contributed by atoms with van der Waals surface area (Å²) < 4.78 is 103. The molecule has 4 rings (SSSR count). The number of likely N-dealkylation sites (N-methyl/N-ethyl adjacent to an activating group) is 1. The van der Waals surface area contributed by atoms with E-state index in [2.05, 4.69) is 22.5 Å². The molecule has 0 unspecified atom stereocenters. The number of aromatic nitrogens is 1. The zero-order valence-electron chi connectivity index (χ0n) is 24.6. The van der Waals surface area contributed by atoms with Crippen LogP contribution in [0.4, 0.5) is 24.5 Å². The highest BCUT2D eigenvalue weighted by Gasteiger charge is 2.30. The number of hydrogen-bond acceptors (Lipinski definition) is 8. The Morgan fingerprint density at radius 2 is 1.82 bits per heavy atom. The highest BCUT2D eigenvalue weighted by atomic mass is 32.2. The Labute approximate surface area is 255 Å². The molecular formula is C29H35F3N4O6S2. The number of anilines is 2. The molecule has 0 amide bonds. The predicted octanol–water partition coefficient (Wildman–Crippen LogP) is 3.93. The Balaban J connectivity index is 1.56. The van der Waals surface area contributed by atoms with Gasteiger partial charge in [0.2, 0.25) is 10.0 Å². The number of sulfone groups is 1. The van der Waals surface area contributed by atoms with Gasteiger partial charge in [0.1, 0.15) is 22.1 Å². The van der Waals surface area contributed by atoms with Gasteiger partial charge in [-0.1, -0.05) is 12.0 Å². The maximum Gasteiger partial charge on any atom is 0.406 e. The molecule has 0 atom stereocenters. The van der Waals surface area contributed by atoms with Crippen molar-refractivity contribution in [2.24, 2.45) is 0 Å². The third-order valence-corrected chi connectivity index (χ3v) is 10.8. The van der Waals surface area contributed by atoms with Crippen molar-refractivity contribution < 1.29 is 39.5 Å². The second-order valence-electron chi connectivity index (χ2n) is 10.4. The number of alkyl halides is 3. The third-order valence-electron chi connectivity index (χ3n) is 7.27. The number of methoxy groups -OCH3 is 2. The molecule has 3 aromatic rings. The lowest BCUT2D eigenvalue weighted by Gasteiger charge is -2.24. The molecule has 0 spiro atoms. The number of hydrogen-bond donors (Lipinski definition) is 2. The van der Waals surface area contributed by atoms with Crippen LogP contribution < -0.4 is 15.4 Å². The highest BCUT2D eigenvalue weighted by Crippen LogP contribution is 2.32. The van der Waals surface area contributed by atoms with E-state index >= 15 is 0 Å². The van der Waals surface area contributed by atoms with Crippen LogP contribution in [0.2, 0.25) is 0 Å². The maximum absolute atomic E-state index is 13.6. The van der Waals surface area contributed by atoms with Gasteiger partial charge in [-0.05, 0) is 49.1 Å². The van der Waals surface area contributed by atoms with Crippen molar-refractivity contribution >= 4 is 42.1 Å². The van der Waals surface area contributed by atoms with Gasteiger partial charge < -0.3 is 24.7 Å². The topological polar surface area (TPSA) is 119 Å². The molecule has 2 N–H and O–H groups in total. The summed E-state index contributed by atoms with van der Waals surface area (Å²) in [6, 6.07) is 10.8. The van der Waals surface area contributed by atoms with Crippen LogP contribution in [-0.2, 0) is 31.1 Å². The lowest BCUT2D eigenvalue weighted by Crippen LogP contribution is -2.32. The number of ether oxygens (including phenoxy) is 2. The second kappa shape index (κ2) is 13.7. The fraction of sp³-hybridized carbons (Fsp3) is 0.448. The lowest BCUT2D eigenvalue weighted by atomic mass is 10.1. The summed E-state index contributed by atoms with van der Waals surface area (Å²) in [5, 5.41) is 6.90. The minimum Gasteiger partial charge on any atom is -0.495 e. The molecular weight excluding hydrogens is 621 g/mol. The quantitative estimate of drug-likeness (QED) is 0.298. The first-order valence-corrected chi connectivity index (χ1v) is 17.0. The summed E-state index contributed by atoms with van der Waals surface area (Å²) >= 11 is 0. The average molecular weight is 657 g/mol. The molecule has 15 heteroatoms.